The van der Waals surface area contributed by atoms with Crippen molar-refractivity contribution in [3.63, 3.8) is 0 Å². The molecule has 0 spiro atoms. The van der Waals surface area contributed by atoms with Crippen molar-refractivity contribution in [3.05, 3.63) is 95.3 Å². The molecule has 32 heavy (non-hydrogen) atoms. The van der Waals surface area contributed by atoms with Crippen LogP contribution in [-0.2, 0) is 10.3 Å². The van der Waals surface area contributed by atoms with Gasteiger partial charge in [0.25, 0.3) is 0 Å². The summed E-state index contributed by atoms with van der Waals surface area (Å²) in [5.74, 6) is -1.58. The molecule has 4 rings (SSSR count). The molecule has 166 valence electrons. The van der Waals surface area contributed by atoms with Gasteiger partial charge in [-0.2, -0.15) is 0 Å². The van der Waals surface area contributed by atoms with Gasteiger partial charge in [0.2, 0.25) is 0 Å². The number of halogens is 3. The van der Waals surface area contributed by atoms with E-state index in [1.807, 2.05) is 26.0 Å². The number of cyclic esters (lactones) is 1. The summed E-state index contributed by atoms with van der Waals surface area (Å²) >= 11 is 0. The van der Waals surface area contributed by atoms with Gasteiger partial charge < -0.3 is 9.64 Å². The minimum atomic E-state index is -0.773. The van der Waals surface area contributed by atoms with E-state index in [1.165, 1.54) is 24.3 Å². The smallest absolute Gasteiger partial charge is 0.411 e. The lowest BCUT2D eigenvalue weighted by molar-refractivity contribution is -0.0628. The van der Waals surface area contributed by atoms with Crippen molar-refractivity contribution in [1.29, 1.82) is 0 Å². The van der Waals surface area contributed by atoms with Gasteiger partial charge in [-0.15, -0.1) is 0 Å². The summed E-state index contributed by atoms with van der Waals surface area (Å²) in [5, 5.41) is 0. The molecule has 1 aliphatic heterocycles. The maximum Gasteiger partial charge on any atom is 0.411 e. The number of nitrogens with zero attached hydrogens (tertiary/aromatic N) is 1. The number of carbonyl (C=O) groups excluding carboxylic acids is 1. The molecule has 1 amide bonds. The van der Waals surface area contributed by atoms with Gasteiger partial charge >= 0.3 is 6.09 Å². The third kappa shape index (κ3) is 4.09. The van der Waals surface area contributed by atoms with Crippen LogP contribution in [0.3, 0.4) is 0 Å². The van der Waals surface area contributed by atoms with Crippen LogP contribution in [-0.4, -0.2) is 17.5 Å². The normalized spacial score (nSPS) is 19.5. The molecule has 0 unspecified atom stereocenters. The molecule has 0 aliphatic carbocycles. The molecule has 3 aromatic rings. The standard InChI is InChI=1S/C26H24F3NO2/c1-3-26(20-8-10-21(27)11-9-20)14-15-30(25(31)32-26)17(2)18-4-6-19(7-5-18)23-13-12-22(28)16-24(23)29/h4-13,16-17H,3,14-15H2,1-2H3/t17-,26+/m0/s1. The number of hydrogen-bond donors (Lipinski definition) is 0. The van der Waals surface area contributed by atoms with Crippen LogP contribution >= 0.6 is 0 Å². The van der Waals surface area contributed by atoms with E-state index in [-0.39, 0.29) is 11.9 Å². The molecule has 1 fully saturated rings. The van der Waals surface area contributed by atoms with Crippen molar-refractivity contribution in [3.8, 4) is 11.1 Å². The fourth-order valence-corrected chi connectivity index (χ4v) is 4.28. The van der Waals surface area contributed by atoms with Gasteiger partial charge in [0.15, 0.2) is 0 Å². The van der Waals surface area contributed by atoms with Crippen LogP contribution < -0.4 is 0 Å². The Morgan fingerprint density at radius 3 is 2.22 bits per heavy atom. The fourth-order valence-electron chi connectivity index (χ4n) is 4.28. The summed E-state index contributed by atoms with van der Waals surface area (Å²) in [4.78, 5) is 14.6. The first kappa shape index (κ1) is 21.9. The van der Waals surface area contributed by atoms with Gasteiger partial charge in [0.05, 0.1) is 6.04 Å². The third-order valence-corrected chi connectivity index (χ3v) is 6.32. The Labute approximate surface area is 185 Å². The summed E-state index contributed by atoms with van der Waals surface area (Å²) < 4.78 is 46.5. The minimum Gasteiger partial charge on any atom is -0.438 e. The Balaban J connectivity index is 1.51. The highest BCUT2D eigenvalue weighted by Crippen LogP contribution is 2.39. The van der Waals surface area contributed by atoms with Crippen molar-refractivity contribution in [2.45, 2.75) is 38.3 Å². The Kier molecular flexibility index (Phi) is 5.96. The Hall–Kier alpha value is -3.28. The maximum absolute atomic E-state index is 14.1. The molecule has 0 N–H and O–H groups in total. The average Bonchev–Trinajstić information content (AvgIpc) is 2.79. The van der Waals surface area contributed by atoms with Crippen LogP contribution in [0.15, 0.2) is 66.7 Å². The van der Waals surface area contributed by atoms with E-state index in [0.717, 1.165) is 17.2 Å². The molecule has 3 nitrogen and oxygen atoms in total. The van der Waals surface area contributed by atoms with Gasteiger partial charge in [0, 0.05) is 24.6 Å². The van der Waals surface area contributed by atoms with Crippen molar-refractivity contribution >= 4 is 6.09 Å². The highest BCUT2D eigenvalue weighted by molar-refractivity contribution is 5.70. The van der Waals surface area contributed by atoms with E-state index in [9.17, 15) is 18.0 Å². The predicted octanol–water partition coefficient (Wildman–Crippen LogP) is 6.98. The largest absolute Gasteiger partial charge is 0.438 e. The van der Waals surface area contributed by atoms with Crippen molar-refractivity contribution in [1.82, 2.24) is 4.90 Å². The average molecular weight is 439 g/mol. The van der Waals surface area contributed by atoms with E-state index < -0.39 is 23.3 Å². The topological polar surface area (TPSA) is 29.5 Å². The monoisotopic (exact) mass is 439 g/mol. The zero-order valence-electron chi connectivity index (χ0n) is 17.9. The molecule has 6 heteroatoms. The van der Waals surface area contributed by atoms with Crippen LogP contribution in [0.5, 0.6) is 0 Å². The Bertz CT molecular complexity index is 1110. The van der Waals surface area contributed by atoms with Crippen molar-refractivity contribution in [2.75, 3.05) is 6.54 Å². The van der Waals surface area contributed by atoms with E-state index in [0.29, 0.717) is 30.5 Å². The van der Waals surface area contributed by atoms with E-state index in [2.05, 4.69) is 0 Å². The van der Waals surface area contributed by atoms with Crippen LogP contribution in [0.2, 0.25) is 0 Å². The van der Waals surface area contributed by atoms with E-state index in [4.69, 9.17) is 4.74 Å². The minimum absolute atomic E-state index is 0.252. The number of amides is 1. The number of rotatable bonds is 5. The van der Waals surface area contributed by atoms with Crippen LogP contribution in [0, 0.1) is 17.5 Å². The summed E-state index contributed by atoms with van der Waals surface area (Å²) in [6.45, 7) is 4.34. The Morgan fingerprint density at radius 1 is 0.969 bits per heavy atom. The molecular formula is C26H24F3NO2. The molecule has 0 radical (unpaired) electrons. The third-order valence-electron chi connectivity index (χ3n) is 6.32. The highest BCUT2D eigenvalue weighted by atomic mass is 19.1. The Morgan fingerprint density at radius 2 is 1.62 bits per heavy atom. The van der Waals surface area contributed by atoms with Crippen LogP contribution in [0.25, 0.3) is 11.1 Å². The molecule has 1 heterocycles. The zero-order chi connectivity index (χ0) is 22.9. The second-order valence-electron chi connectivity index (χ2n) is 8.09. The number of ether oxygens (including phenoxy) is 1. The van der Waals surface area contributed by atoms with Crippen LogP contribution in [0.1, 0.15) is 43.9 Å². The second-order valence-corrected chi connectivity index (χ2v) is 8.09. The fraction of sp³-hybridized carbons (Fsp3) is 0.269. The van der Waals surface area contributed by atoms with Gasteiger partial charge in [-0.25, -0.2) is 18.0 Å². The van der Waals surface area contributed by atoms with Gasteiger partial charge in [-0.3, -0.25) is 0 Å². The first-order valence-electron chi connectivity index (χ1n) is 10.6. The van der Waals surface area contributed by atoms with Crippen molar-refractivity contribution in [2.24, 2.45) is 0 Å². The summed E-state index contributed by atoms with van der Waals surface area (Å²) in [5.41, 5.74) is 1.83. The van der Waals surface area contributed by atoms with E-state index >= 15 is 0 Å². The van der Waals surface area contributed by atoms with E-state index in [1.54, 1.807) is 29.2 Å². The summed E-state index contributed by atoms with van der Waals surface area (Å²) in [6.07, 6.45) is 0.748. The molecule has 0 aromatic heterocycles. The predicted molar refractivity (Wildman–Crippen MR) is 116 cm³/mol. The van der Waals surface area contributed by atoms with Gasteiger partial charge in [-0.05, 0) is 54.3 Å². The molecule has 0 saturated carbocycles. The lowest BCUT2D eigenvalue weighted by Crippen LogP contribution is -2.48. The molecular weight excluding hydrogens is 415 g/mol. The quantitative estimate of drug-likeness (QED) is 0.429. The van der Waals surface area contributed by atoms with Crippen molar-refractivity contribution < 1.29 is 22.7 Å². The summed E-state index contributed by atoms with van der Waals surface area (Å²) in [6, 6.07) is 16.5. The zero-order valence-corrected chi connectivity index (χ0v) is 17.9. The van der Waals surface area contributed by atoms with Gasteiger partial charge in [0.1, 0.15) is 23.1 Å². The van der Waals surface area contributed by atoms with Crippen LogP contribution in [0.4, 0.5) is 18.0 Å². The lowest BCUT2D eigenvalue weighted by Gasteiger charge is -2.43. The SMILES string of the molecule is CC[C@]1(c2ccc(F)cc2)CCN([C@@H](C)c2ccc(-c3ccc(F)cc3F)cc2)C(=O)O1. The molecule has 1 saturated heterocycles. The molecule has 0 bridgehead atoms. The lowest BCUT2D eigenvalue weighted by atomic mass is 9.86. The maximum atomic E-state index is 14.1. The summed E-state index contributed by atoms with van der Waals surface area (Å²) in [7, 11) is 0. The number of hydrogen-bond acceptors (Lipinski definition) is 2. The first-order chi connectivity index (χ1) is 15.3. The second kappa shape index (κ2) is 8.69. The highest BCUT2D eigenvalue weighted by Gasteiger charge is 2.42. The number of carbonyl (C=O) groups is 1. The molecule has 3 aromatic carbocycles. The molecule has 2 atom stereocenters. The molecule has 1 aliphatic rings. The first-order valence-corrected chi connectivity index (χ1v) is 10.6. The van der Waals surface area contributed by atoms with Gasteiger partial charge in [-0.1, -0.05) is 43.3 Å². The number of benzene rings is 3.